The predicted octanol–water partition coefficient (Wildman–Crippen LogP) is 4.14. The molecule has 0 unspecified atom stereocenters. The van der Waals surface area contributed by atoms with Gasteiger partial charge in [-0.05, 0) is 31.5 Å². The molecule has 5 heteroatoms. The maximum atomic E-state index is 12.8. The number of carbonyl (C=O) groups is 1. The van der Waals surface area contributed by atoms with Crippen molar-refractivity contribution in [3.63, 3.8) is 0 Å². The molecule has 2 rings (SSSR count). The van der Waals surface area contributed by atoms with Gasteiger partial charge in [0.1, 0.15) is 6.61 Å². The molecule has 1 atom stereocenters. The van der Waals surface area contributed by atoms with Crippen molar-refractivity contribution in [3.8, 4) is 17.2 Å². The van der Waals surface area contributed by atoms with Crippen molar-refractivity contribution in [2.24, 2.45) is 5.92 Å². The van der Waals surface area contributed by atoms with Gasteiger partial charge < -0.3 is 19.6 Å². The summed E-state index contributed by atoms with van der Waals surface area (Å²) in [6.45, 7) is 3.62. The third kappa shape index (κ3) is 4.18. The number of Topliss-reactive ketones (excluding diaryl/α,β-unsaturated/α-hetero) is 1. The second-order valence-electron chi connectivity index (χ2n) is 5.72. The van der Waals surface area contributed by atoms with Gasteiger partial charge >= 0.3 is 0 Å². The monoisotopic (exact) mass is 341 g/mol. The fourth-order valence-corrected chi connectivity index (χ4v) is 2.40. The van der Waals surface area contributed by atoms with Crippen molar-refractivity contribution >= 4 is 11.5 Å². The van der Waals surface area contributed by atoms with Gasteiger partial charge in [0, 0.05) is 5.71 Å². The summed E-state index contributed by atoms with van der Waals surface area (Å²) >= 11 is 0. The standard InChI is InChI=1S/C20H23NO4/c1-13(14(2)21)18(22)16-10-11-17(23-3)20(24-4)19(16)25-12-15-8-6-5-7-9-15/h5-11,13,21H,12H2,1-4H3/t13-/m0/s1. The third-order valence-corrected chi connectivity index (χ3v) is 4.03. The molecular weight excluding hydrogens is 318 g/mol. The van der Waals surface area contributed by atoms with Crippen LogP contribution in [0.15, 0.2) is 42.5 Å². The lowest BCUT2D eigenvalue weighted by Crippen LogP contribution is -2.19. The number of hydrogen-bond donors (Lipinski definition) is 1. The second kappa shape index (κ2) is 8.33. The van der Waals surface area contributed by atoms with Crippen molar-refractivity contribution in [2.75, 3.05) is 14.2 Å². The zero-order valence-electron chi connectivity index (χ0n) is 15.0. The molecule has 0 bridgehead atoms. The van der Waals surface area contributed by atoms with Gasteiger partial charge in [-0.15, -0.1) is 0 Å². The first kappa shape index (κ1) is 18.5. The topological polar surface area (TPSA) is 68.6 Å². The highest BCUT2D eigenvalue weighted by Crippen LogP contribution is 2.41. The Morgan fingerprint density at radius 2 is 1.72 bits per heavy atom. The Morgan fingerprint density at radius 3 is 2.28 bits per heavy atom. The first-order valence-electron chi connectivity index (χ1n) is 8.00. The maximum absolute atomic E-state index is 12.8. The Kier molecular flexibility index (Phi) is 6.17. The molecule has 2 aromatic rings. The molecule has 1 N–H and O–H groups in total. The second-order valence-corrected chi connectivity index (χ2v) is 5.72. The minimum Gasteiger partial charge on any atom is -0.493 e. The van der Waals surface area contributed by atoms with Crippen LogP contribution in [0, 0.1) is 11.3 Å². The number of carbonyl (C=O) groups excluding carboxylic acids is 1. The average Bonchev–Trinajstić information content (AvgIpc) is 2.64. The summed E-state index contributed by atoms with van der Waals surface area (Å²) in [7, 11) is 3.04. The average molecular weight is 341 g/mol. The summed E-state index contributed by atoms with van der Waals surface area (Å²) < 4.78 is 16.7. The van der Waals surface area contributed by atoms with Crippen LogP contribution >= 0.6 is 0 Å². The summed E-state index contributed by atoms with van der Waals surface area (Å²) in [5.41, 5.74) is 1.66. The van der Waals surface area contributed by atoms with E-state index in [0.717, 1.165) is 5.56 Å². The van der Waals surface area contributed by atoms with Gasteiger partial charge in [0.15, 0.2) is 17.3 Å². The SMILES string of the molecule is COc1ccc(C(=O)[C@@H](C)C(C)=N)c(OCc2ccccc2)c1OC. The molecule has 25 heavy (non-hydrogen) atoms. The van der Waals surface area contributed by atoms with Gasteiger partial charge in [0.25, 0.3) is 0 Å². The molecule has 5 nitrogen and oxygen atoms in total. The van der Waals surface area contributed by atoms with E-state index in [-0.39, 0.29) is 5.78 Å². The number of ketones is 1. The summed E-state index contributed by atoms with van der Waals surface area (Å²) in [6, 6.07) is 13.0. The molecule has 0 spiro atoms. The van der Waals surface area contributed by atoms with Crippen molar-refractivity contribution in [2.45, 2.75) is 20.5 Å². The number of hydrogen-bond acceptors (Lipinski definition) is 5. The van der Waals surface area contributed by atoms with E-state index in [1.807, 2.05) is 30.3 Å². The minimum absolute atomic E-state index is 0.184. The summed E-state index contributed by atoms with van der Waals surface area (Å²) in [4.78, 5) is 12.8. The van der Waals surface area contributed by atoms with E-state index in [4.69, 9.17) is 19.6 Å². The first-order valence-corrected chi connectivity index (χ1v) is 8.00. The molecule has 0 saturated carbocycles. The van der Waals surface area contributed by atoms with E-state index in [1.165, 1.54) is 14.2 Å². The number of rotatable bonds is 8. The van der Waals surface area contributed by atoms with E-state index in [9.17, 15) is 4.79 Å². The van der Waals surface area contributed by atoms with Crippen LogP contribution in [0.5, 0.6) is 17.2 Å². The number of ether oxygens (including phenoxy) is 3. The van der Waals surface area contributed by atoms with Crippen LogP contribution in [0.4, 0.5) is 0 Å². The normalized spacial score (nSPS) is 11.5. The van der Waals surface area contributed by atoms with Gasteiger partial charge in [-0.25, -0.2) is 0 Å². The summed E-state index contributed by atoms with van der Waals surface area (Å²) in [6.07, 6.45) is 0. The Labute approximate surface area is 148 Å². The van der Waals surface area contributed by atoms with Crippen molar-refractivity contribution < 1.29 is 19.0 Å². The molecule has 0 fully saturated rings. The molecule has 0 aromatic heterocycles. The van der Waals surface area contributed by atoms with Crippen LogP contribution in [0.2, 0.25) is 0 Å². The highest BCUT2D eigenvalue weighted by atomic mass is 16.5. The zero-order valence-corrected chi connectivity index (χ0v) is 15.0. The largest absolute Gasteiger partial charge is 0.493 e. The molecule has 0 aliphatic heterocycles. The quantitative estimate of drug-likeness (QED) is 0.579. The third-order valence-electron chi connectivity index (χ3n) is 4.03. The van der Waals surface area contributed by atoms with Crippen LogP contribution < -0.4 is 14.2 Å². The van der Waals surface area contributed by atoms with Crippen molar-refractivity contribution in [3.05, 3.63) is 53.6 Å². The van der Waals surface area contributed by atoms with Crippen LogP contribution in [0.3, 0.4) is 0 Å². The van der Waals surface area contributed by atoms with E-state index < -0.39 is 5.92 Å². The fraction of sp³-hybridized carbons (Fsp3) is 0.300. The summed E-state index contributed by atoms with van der Waals surface area (Å²) in [5, 5.41) is 7.75. The van der Waals surface area contributed by atoms with Gasteiger partial charge in [-0.1, -0.05) is 30.3 Å². The zero-order chi connectivity index (χ0) is 18.4. The van der Waals surface area contributed by atoms with Crippen LogP contribution in [0.25, 0.3) is 0 Å². The van der Waals surface area contributed by atoms with E-state index in [1.54, 1.807) is 26.0 Å². The number of benzene rings is 2. The Hall–Kier alpha value is -2.82. The van der Waals surface area contributed by atoms with Crippen molar-refractivity contribution in [1.29, 1.82) is 5.41 Å². The highest BCUT2D eigenvalue weighted by molar-refractivity contribution is 6.12. The lowest BCUT2D eigenvalue weighted by atomic mass is 9.94. The molecule has 0 aliphatic carbocycles. The highest BCUT2D eigenvalue weighted by Gasteiger charge is 2.25. The van der Waals surface area contributed by atoms with Crippen LogP contribution in [0.1, 0.15) is 29.8 Å². The van der Waals surface area contributed by atoms with E-state index in [0.29, 0.717) is 35.1 Å². The molecule has 0 amide bonds. The van der Waals surface area contributed by atoms with E-state index in [2.05, 4.69) is 0 Å². The minimum atomic E-state index is -0.530. The smallest absolute Gasteiger partial charge is 0.204 e. The number of nitrogens with one attached hydrogen (secondary N) is 1. The fourth-order valence-electron chi connectivity index (χ4n) is 2.40. The van der Waals surface area contributed by atoms with Crippen LogP contribution in [-0.2, 0) is 6.61 Å². The predicted molar refractivity (Wildman–Crippen MR) is 97.2 cm³/mol. The Morgan fingerprint density at radius 1 is 1.04 bits per heavy atom. The Bertz CT molecular complexity index is 756. The van der Waals surface area contributed by atoms with Crippen LogP contribution in [-0.4, -0.2) is 25.7 Å². The molecule has 0 saturated heterocycles. The van der Waals surface area contributed by atoms with Gasteiger partial charge in [0.05, 0.1) is 25.7 Å². The molecule has 0 radical (unpaired) electrons. The summed E-state index contributed by atoms with van der Waals surface area (Å²) in [5.74, 6) is 0.484. The van der Waals surface area contributed by atoms with Gasteiger partial charge in [-0.3, -0.25) is 4.79 Å². The van der Waals surface area contributed by atoms with Gasteiger partial charge in [0.2, 0.25) is 5.75 Å². The molecule has 0 heterocycles. The number of methoxy groups -OCH3 is 2. The molecule has 2 aromatic carbocycles. The maximum Gasteiger partial charge on any atom is 0.204 e. The van der Waals surface area contributed by atoms with Gasteiger partial charge in [-0.2, -0.15) is 0 Å². The Balaban J connectivity index is 2.44. The lowest BCUT2D eigenvalue weighted by Gasteiger charge is -2.18. The van der Waals surface area contributed by atoms with Crippen molar-refractivity contribution in [1.82, 2.24) is 0 Å². The lowest BCUT2D eigenvalue weighted by molar-refractivity contribution is 0.0955. The first-order chi connectivity index (χ1) is 12.0. The molecular formula is C20H23NO4. The molecule has 0 aliphatic rings. The molecule has 132 valence electrons. The van der Waals surface area contributed by atoms with E-state index >= 15 is 0 Å².